The molecule has 0 spiro atoms. The standard InChI is InChI=1S/C10H12FNO3.C8H15NO/c11-8-3-1-7(2-4-8)5-12-10(15)9(14)6-13;1-9(7-10)8-5-3-2-4-6-8/h1-4,9,13-14H,5-6H2,(H,12,15);7-8H,2-6H2,1H3. The average molecular weight is 354 g/mol. The first kappa shape index (κ1) is 21.1. The van der Waals surface area contributed by atoms with E-state index in [4.69, 9.17) is 10.2 Å². The third-order valence-corrected chi connectivity index (χ3v) is 4.17. The lowest BCUT2D eigenvalue weighted by molar-refractivity contribution is -0.131. The number of nitrogens with zero attached hydrogens (tertiary/aromatic N) is 1. The van der Waals surface area contributed by atoms with Crippen LogP contribution >= 0.6 is 0 Å². The van der Waals surface area contributed by atoms with Crippen molar-refractivity contribution in [3.8, 4) is 0 Å². The zero-order chi connectivity index (χ0) is 18.7. The van der Waals surface area contributed by atoms with Crippen LogP contribution in [0, 0.1) is 5.82 Å². The summed E-state index contributed by atoms with van der Waals surface area (Å²) >= 11 is 0. The Morgan fingerprint density at radius 1 is 1.32 bits per heavy atom. The maximum Gasteiger partial charge on any atom is 0.251 e. The highest BCUT2D eigenvalue weighted by Crippen LogP contribution is 2.20. The van der Waals surface area contributed by atoms with Crippen molar-refractivity contribution in [2.75, 3.05) is 13.7 Å². The number of aliphatic hydroxyl groups is 2. The highest BCUT2D eigenvalue weighted by atomic mass is 19.1. The van der Waals surface area contributed by atoms with Gasteiger partial charge in [0, 0.05) is 19.6 Å². The molecule has 3 N–H and O–H groups in total. The van der Waals surface area contributed by atoms with Crippen molar-refractivity contribution < 1.29 is 24.2 Å². The van der Waals surface area contributed by atoms with E-state index in [-0.39, 0.29) is 12.4 Å². The summed E-state index contributed by atoms with van der Waals surface area (Å²) in [7, 11) is 1.88. The molecule has 6 nitrogen and oxygen atoms in total. The molecule has 0 aliphatic heterocycles. The fourth-order valence-corrected chi connectivity index (χ4v) is 2.57. The minimum absolute atomic E-state index is 0.191. The van der Waals surface area contributed by atoms with Crippen LogP contribution in [-0.2, 0) is 16.1 Å². The number of aliphatic hydroxyl groups excluding tert-OH is 2. The summed E-state index contributed by atoms with van der Waals surface area (Å²) in [6.07, 6.45) is 5.88. The Morgan fingerprint density at radius 3 is 2.44 bits per heavy atom. The van der Waals surface area contributed by atoms with Gasteiger partial charge >= 0.3 is 0 Å². The topological polar surface area (TPSA) is 89.9 Å². The van der Waals surface area contributed by atoms with Gasteiger partial charge in [-0.05, 0) is 30.5 Å². The molecule has 0 saturated heterocycles. The van der Waals surface area contributed by atoms with Crippen LogP contribution < -0.4 is 5.32 Å². The van der Waals surface area contributed by atoms with E-state index >= 15 is 0 Å². The molecule has 0 radical (unpaired) electrons. The van der Waals surface area contributed by atoms with E-state index in [1.54, 1.807) is 4.90 Å². The van der Waals surface area contributed by atoms with Gasteiger partial charge < -0.3 is 20.4 Å². The Hall–Kier alpha value is -1.99. The van der Waals surface area contributed by atoms with Gasteiger partial charge in [-0.1, -0.05) is 31.4 Å². The van der Waals surface area contributed by atoms with Gasteiger partial charge in [0.2, 0.25) is 6.41 Å². The van der Waals surface area contributed by atoms with Gasteiger partial charge in [-0.3, -0.25) is 9.59 Å². The van der Waals surface area contributed by atoms with E-state index in [0.29, 0.717) is 6.04 Å². The van der Waals surface area contributed by atoms with Gasteiger partial charge in [-0.2, -0.15) is 0 Å². The second-order valence-corrected chi connectivity index (χ2v) is 6.11. The molecular weight excluding hydrogens is 327 g/mol. The van der Waals surface area contributed by atoms with Crippen LogP contribution in [0.1, 0.15) is 37.7 Å². The fourth-order valence-electron chi connectivity index (χ4n) is 2.57. The number of rotatable bonds is 6. The lowest BCUT2D eigenvalue weighted by atomic mass is 9.95. The van der Waals surface area contributed by atoms with Crippen LogP contribution in [0.15, 0.2) is 24.3 Å². The number of hydrogen-bond acceptors (Lipinski definition) is 4. The van der Waals surface area contributed by atoms with Gasteiger partial charge in [-0.15, -0.1) is 0 Å². The zero-order valence-electron chi connectivity index (χ0n) is 14.5. The number of carbonyl (C=O) groups excluding carboxylic acids is 2. The van der Waals surface area contributed by atoms with E-state index in [1.165, 1.54) is 56.4 Å². The molecule has 1 aliphatic carbocycles. The average Bonchev–Trinajstić information content (AvgIpc) is 2.67. The molecule has 0 aromatic heterocycles. The van der Waals surface area contributed by atoms with Crippen molar-refractivity contribution in [3.05, 3.63) is 35.6 Å². The summed E-state index contributed by atoms with van der Waals surface area (Å²) < 4.78 is 12.5. The highest BCUT2D eigenvalue weighted by Gasteiger charge is 2.15. The highest BCUT2D eigenvalue weighted by molar-refractivity contribution is 5.80. The molecule has 2 rings (SSSR count). The summed E-state index contributed by atoms with van der Waals surface area (Å²) in [5, 5.41) is 19.8. The molecule has 1 aromatic rings. The number of benzene rings is 1. The Bertz CT molecular complexity index is 518. The van der Waals surface area contributed by atoms with Crippen LogP contribution in [0.25, 0.3) is 0 Å². The molecule has 1 aliphatic rings. The molecule has 0 heterocycles. The molecule has 1 atom stereocenters. The minimum atomic E-state index is -1.41. The molecule has 0 bridgehead atoms. The first-order chi connectivity index (χ1) is 12.0. The molecule has 1 unspecified atom stereocenters. The number of carbonyl (C=O) groups is 2. The van der Waals surface area contributed by atoms with Gasteiger partial charge in [0.1, 0.15) is 5.82 Å². The van der Waals surface area contributed by atoms with E-state index in [9.17, 15) is 14.0 Å². The number of nitrogens with one attached hydrogen (secondary N) is 1. The summed E-state index contributed by atoms with van der Waals surface area (Å²) in [5.41, 5.74) is 0.717. The number of amides is 2. The number of hydrogen-bond donors (Lipinski definition) is 3. The zero-order valence-corrected chi connectivity index (χ0v) is 14.5. The van der Waals surface area contributed by atoms with Crippen LogP contribution in [0.3, 0.4) is 0 Å². The van der Waals surface area contributed by atoms with Gasteiger partial charge in [0.25, 0.3) is 5.91 Å². The van der Waals surface area contributed by atoms with Crippen molar-refractivity contribution in [1.82, 2.24) is 10.2 Å². The SMILES string of the molecule is CN(C=O)C1CCCCC1.O=C(NCc1ccc(F)cc1)C(O)CO. The Kier molecular flexibility index (Phi) is 9.72. The minimum Gasteiger partial charge on any atom is -0.393 e. The summed E-state index contributed by atoms with van der Waals surface area (Å²) in [4.78, 5) is 23.2. The summed E-state index contributed by atoms with van der Waals surface area (Å²) in [6.45, 7) is -0.425. The second-order valence-electron chi connectivity index (χ2n) is 6.11. The van der Waals surface area contributed by atoms with Crippen LogP contribution in [-0.4, -0.2) is 53.2 Å². The predicted octanol–water partition coefficient (Wildman–Crippen LogP) is 1.20. The number of halogens is 1. The third-order valence-electron chi connectivity index (χ3n) is 4.17. The molecule has 140 valence electrons. The summed E-state index contributed by atoms with van der Waals surface area (Å²) in [6, 6.07) is 6.15. The summed E-state index contributed by atoms with van der Waals surface area (Å²) in [5.74, 6) is -0.998. The Morgan fingerprint density at radius 2 is 1.92 bits per heavy atom. The van der Waals surface area contributed by atoms with Crippen LogP contribution in [0.5, 0.6) is 0 Å². The van der Waals surface area contributed by atoms with E-state index in [2.05, 4.69) is 5.32 Å². The lowest BCUT2D eigenvalue weighted by Crippen LogP contribution is -2.36. The molecule has 1 fully saturated rings. The Balaban J connectivity index is 0.000000271. The fraction of sp³-hybridized carbons (Fsp3) is 0.556. The molecular formula is C18H27FN2O4. The largest absolute Gasteiger partial charge is 0.393 e. The van der Waals surface area contributed by atoms with Crippen LogP contribution in [0.4, 0.5) is 4.39 Å². The first-order valence-corrected chi connectivity index (χ1v) is 8.46. The quantitative estimate of drug-likeness (QED) is 0.670. The molecule has 1 saturated carbocycles. The monoisotopic (exact) mass is 354 g/mol. The third kappa shape index (κ3) is 8.09. The first-order valence-electron chi connectivity index (χ1n) is 8.46. The van der Waals surface area contributed by atoms with Gasteiger partial charge in [0.05, 0.1) is 6.61 Å². The second kappa shape index (κ2) is 11.5. The molecule has 25 heavy (non-hydrogen) atoms. The van der Waals surface area contributed by atoms with E-state index in [1.807, 2.05) is 7.05 Å². The molecule has 1 aromatic carbocycles. The van der Waals surface area contributed by atoms with Gasteiger partial charge in [-0.25, -0.2) is 4.39 Å². The maximum atomic E-state index is 12.5. The van der Waals surface area contributed by atoms with E-state index in [0.717, 1.165) is 12.0 Å². The van der Waals surface area contributed by atoms with Gasteiger partial charge in [0.15, 0.2) is 6.10 Å². The van der Waals surface area contributed by atoms with E-state index < -0.39 is 18.6 Å². The van der Waals surface area contributed by atoms with Crippen molar-refractivity contribution in [1.29, 1.82) is 0 Å². The normalized spacial score (nSPS) is 15.5. The van der Waals surface area contributed by atoms with Crippen molar-refractivity contribution in [2.45, 2.75) is 50.8 Å². The predicted molar refractivity (Wildman–Crippen MR) is 92.0 cm³/mol. The van der Waals surface area contributed by atoms with Crippen molar-refractivity contribution >= 4 is 12.3 Å². The Labute approximate surface area is 147 Å². The molecule has 7 heteroatoms. The van der Waals surface area contributed by atoms with Crippen LogP contribution in [0.2, 0.25) is 0 Å². The van der Waals surface area contributed by atoms with Crippen molar-refractivity contribution in [2.24, 2.45) is 0 Å². The molecule has 2 amide bonds. The lowest BCUT2D eigenvalue weighted by Gasteiger charge is -2.27. The van der Waals surface area contributed by atoms with Crippen molar-refractivity contribution in [3.63, 3.8) is 0 Å². The smallest absolute Gasteiger partial charge is 0.251 e. The maximum absolute atomic E-state index is 12.5.